The van der Waals surface area contributed by atoms with Crippen molar-refractivity contribution in [3.63, 3.8) is 0 Å². The van der Waals surface area contributed by atoms with E-state index in [1.54, 1.807) is 13.0 Å². The van der Waals surface area contributed by atoms with Crippen LogP contribution in [0.2, 0.25) is 0 Å². The number of aliphatic hydroxyl groups excluding tert-OH is 1. The highest BCUT2D eigenvalue weighted by Gasteiger charge is 2.13. The lowest BCUT2D eigenvalue weighted by molar-refractivity contribution is 0.222. The first kappa shape index (κ1) is 17.4. The number of allylic oxidation sites excluding steroid dienone is 1. The Kier molecular flexibility index (Phi) is 6.11. The summed E-state index contributed by atoms with van der Waals surface area (Å²) in [6, 6.07) is 4.05. The van der Waals surface area contributed by atoms with Gasteiger partial charge in [0.05, 0.1) is 5.69 Å². The fourth-order valence-electron chi connectivity index (χ4n) is 2.68. The molecule has 0 spiro atoms. The molecular weight excluding hydrogens is 293 g/mol. The first-order valence-corrected chi connectivity index (χ1v) is 8.21. The van der Waals surface area contributed by atoms with Crippen molar-refractivity contribution >= 4 is 10.9 Å². The van der Waals surface area contributed by atoms with Crippen LogP contribution in [0.25, 0.3) is 10.9 Å². The van der Waals surface area contributed by atoms with Gasteiger partial charge in [0.2, 0.25) is 0 Å². The molecule has 3 nitrogen and oxygen atoms in total. The van der Waals surface area contributed by atoms with Gasteiger partial charge >= 0.3 is 0 Å². The lowest BCUT2D eigenvalue weighted by Gasteiger charge is -2.11. The van der Waals surface area contributed by atoms with Gasteiger partial charge in [0, 0.05) is 16.5 Å². The maximum Gasteiger partial charge on any atom is 0.192 e. The quantitative estimate of drug-likeness (QED) is 0.582. The van der Waals surface area contributed by atoms with Crippen molar-refractivity contribution < 1.29 is 9.50 Å². The van der Waals surface area contributed by atoms with Crippen LogP contribution in [0, 0.1) is 12.7 Å². The second-order valence-electron chi connectivity index (χ2n) is 5.91. The van der Waals surface area contributed by atoms with E-state index in [1.807, 2.05) is 6.08 Å². The third-order valence-corrected chi connectivity index (χ3v) is 4.08. The number of hydrogen-bond acceptors (Lipinski definition) is 2. The topological polar surface area (TPSA) is 53.1 Å². The lowest BCUT2D eigenvalue weighted by Crippen LogP contribution is -2.14. The van der Waals surface area contributed by atoms with Crippen molar-refractivity contribution in [2.75, 3.05) is 0 Å². The molecule has 0 bridgehead atoms. The van der Waals surface area contributed by atoms with Gasteiger partial charge in [-0.05, 0) is 38.0 Å². The number of fused-ring (bicyclic) bond motifs is 1. The average molecular weight is 317 g/mol. The smallest absolute Gasteiger partial charge is 0.192 e. The van der Waals surface area contributed by atoms with Crippen molar-refractivity contribution in [1.29, 1.82) is 0 Å². The number of aliphatic hydroxyl groups is 1. The molecule has 2 rings (SSSR count). The fraction of sp³-hybridized carbons (Fsp3) is 0.421. The summed E-state index contributed by atoms with van der Waals surface area (Å²) in [4.78, 5) is 15.4. The summed E-state index contributed by atoms with van der Waals surface area (Å²) in [5, 5.41) is 10.6. The fourth-order valence-corrected chi connectivity index (χ4v) is 2.68. The summed E-state index contributed by atoms with van der Waals surface area (Å²) >= 11 is 0. The van der Waals surface area contributed by atoms with Crippen LogP contribution in [0.15, 0.2) is 35.1 Å². The van der Waals surface area contributed by atoms with E-state index in [0.717, 1.165) is 12.8 Å². The van der Waals surface area contributed by atoms with Crippen LogP contribution in [0.4, 0.5) is 4.39 Å². The first-order valence-electron chi connectivity index (χ1n) is 8.21. The number of benzene rings is 1. The summed E-state index contributed by atoms with van der Waals surface area (Å²) in [5.41, 5.74) is 1.18. The van der Waals surface area contributed by atoms with Gasteiger partial charge in [-0.1, -0.05) is 38.3 Å². The minimum atomic E-state index is -0.858. The van der Waals surface area contributed by atoms with Crippen molar-refractivity contribution in [3.05, 3.63) is 57.6 Å². The predicted molar refractivity (Wildman–Crippen MR) is 92.1 cm³/mol. The van der Waals surface area contributed by atoms with Crippen LogP contribution in [-0.4, -0.2) is 10.1 Å². The number of pyridine rings is 1. The summed E-state index contributed by atoms with van der Waals surface area (Å²) < 4.78 is 13.3. The number of aromatic nitrogens is 1. The Bertz CT molecular complexity index is 749. The van der Waals surface area contributed by atoms with Gasteiger partial charge < -0.3 is 10.1 Å². The zero-order valence-corrected chi connectivity index (χ0v) is 13.7. The molecule has 1 atom stereocenters. The highest BCUT2D eigenvalue weighted by Crippen LogP contribution is 2.19. The molecule has 0 aliphatic rings. The van der Waals surface area contributed by atoms with Gasteiger partial charge in [-0.2, -0.15) is 0 Å². The zero-order chi connectivity index (χ0) is 16.8. The normalized spacial score (nSPS) is 13.0. The molecule has 0 saturated carbocycles. The molecule has 0 aliphatic heterocycles. The number of rotatable bonds is 7. The number of aromatic amines is 1. The molecule has 0 fully saturated rings. The number of hydrogen-bond donors (Lipinski definition) is 2. The van der Waals surface area contributed by atoms with Gasteiger partial charge in [0.1, 0.15) is 11.9 Å². The summed E-state index contributed by atoms with van der Waals surface area (Å²) in [7, 11) is 0. The minimum absolute atomic E-state index is 0.247. The van der Waals surface area contributed by atoms with E-state index < -0.39 is 11.9 Å². The number of halogens is 1. The Morgan fingerprint density at radius 1 is 1.30 bits per heavy atom. The van der Waals surface area contributed by atoms with Gasteiger partial charge in [0.25, 0.3) is 0 Å². The minimum Gasteiger partial charge on any atom is -0.383 e. The van der Waals surface area contributed by atoms with E-state index >= 15 is 0 Å². The molecule has 0 amide bonds. The zero-order valence-electron chi connectivity index (χ0n) is 13.7. The molecule has 0 radical (unpaired) electrons. The average Bonchev–Trinajstić information content (AvgIpc) is 2.54. The van der Waals surface area contributed by atoms with Crippen LogP contribution < -0.4 is 5.43 Å². The summed E-state index contributed by atoms with van der Waals surface area (Å²) in [5.74, 6) is -0.442. The summed E-state index contributed by atoms with van der Waals surface area (Å²) in [6.45, 7) is 3.82. The van der Waals surface area contributed by atoms with Crippen LogP contribution in [-0.2, 0) is 0 Å². The van der Waals surface area contributed by atoms with E-state index in [-0.39, 0.29) is 5.43 Å². The van der Waals surface area contributed by atoms with Gasteiger partial charge in [-0.15, -0.1) is 0 Å². The van der Waals surface area contributed by atoms with E-state index in [4.69, 9.17) is 0 Å². The van der Waals surface area contributed by atoms with Crippen LogP contribution >= 0.6 is 0 Å². The standard InChI is InChI=1S/C19H24FNO2/c1-3-4-5-6-7-8-9-17(22)18-13(2)19(23)15-12-14(20)10-11-16(15)21-18/h8-12,17,22H,3-7H2,1-2H3,(H,21,23). The molecule has 0 saturated heterocycles. The predicted octanol–water partition coefficient (Wildman–Crippen LogP) is 4.54. The molecule has 1 heterocycles. The van der Waals surface area contributed by atoms with Crippen molar-refractivity contribution in [1.82, 2.24) is 4.98 Å². The third-order valence-electron chi connectivity index (χ3n) is 4.08. The Morgan fingerprint density at radius 3 is 2.83 bits per heavy atom. The number of H-pyrrole nitrogens is 1. The van der Waals surface area contributed by atoms with Crippen molar-refractivity contribution in [3.8, 4) is 0 Å². The number of nitrogens with one attached hydrogen (secondary N) is 1. The monoisotopic (exact) mass is 317 g/mol. The SMILES string of the molecule is CCCCCCC=CC(O)c1[nH]c2ccc(F)cc2c(=O)c1C. The van der Waals surface area contributed by atoms with E-state index in [2.05, 4.69) is 11.9 Å². The Hall–Kier alpha value is -1.94. The van der Waals surface area contributed by atoms with E-state index in [9.17, 15) is 14.3 Å². The molecule has 2 aromatic rings. The Morgan fingerprint density at radius 2 is 2.09 bits per heavy atom. The Balaban J connectivity index is 2.19. The molecule has 4 heteroatoms. The second-order valence-corrected chi connectivity index (χ2v) is 5.91. The van der Waals surface area contributed by atoms with Gasteiger partial charge in [-0.25, -0.2) is 4.39 Å². The number of unbranched alkanes of at least 4 members (excludes halogenated alkanes) is 4. The molecule has 23 heavy (non-hydrogen) atoms. The molecule has 2 N–H and O–H groups in total. The first-order chi connectivity index (χ1) is 11.0. The largest absolute Gasteiger partial charge is 0.383 e. The van der Waals surface area contributed by atoms with E-state index in [1.165, 1.54) is 37.5 Å². The van der Waals surface area contributed by atoms with E-state index in [0.29, 0.717) is 22.2 Å². The molecule has 1 aromatic heterocycles. The maximum atomic E-state index is 13.3. The maximum absolute atomic E-state index is 13.3. The van der Waals surface area contributed by atoms with Crippen molar-refractivity contribution in [2.45, 2.75) is 52.1 Å². The van der Waals surface area contributed by atoms with Crippen LogP contribution in [0.5, 0.6) is 0 Å². The molecule has 1 unspecified atom stereocenters. The molecule has 0 aliphatic carbocycles. The molecule has 1 aromatic carbocycles. The highest BCUT2D eigenvalue weighted by molar-refractivity contribution is 5.79. The lowest BCUT2D eigenvalue weighted by atomic mass is 10.0. The molecule has 124 valence electrons. The summed E-state index contributed by atoms with van der Waals surface area (Å²) in [6.07, 6.45) is 8.43. The van der Waals surface area contributed by atoms with Crippen LogP contribution in [0.3, 0.4) is 0 Å². The van der Waals surface area contributed by atoms with Gasteiger partial charge in [-0.3, -0.25) is 4.79 Å². The Labute approximate surface area is 135 Å². The molecular formula is C19H24FNO2. The van der Waals surface area contributed by atoms with Crippen LogP contribution in [0.1, 0.15) is 56.4 Å². The third kappa shape index (κ3) is 4.29. The second kappa shape index (κ2) is 8.06. The highest BCUT2D eigenvalue weighted by atomic mass is 19.1. The van der Waals surface area contributed by atoms with Crippen molar-refractivity contribution in [2.24, 2.45) is 0 Å². The van der Waals surface area contributed by atoms with Gasteiger partial charge in [0.15, 0.2) is 5.43 Å².